The number of phenols is 1. The SMILES string of the molecule is Cn1c(-c2cc(C(C)(C)C)cc(C(C)(C)C)c2O)nc(-c2ccccc2Cl)c1-c1ccccc1Cl. The van der Waals surface area contributed by atoms with Crippen molar-refractivity contribution < 1.29 is 5.11 Å². The highest BCUT2D eigenvalue weighted by Crippen LogP contribution is 2.45. The molecular weight excluding hydrogens is 475 g/mol. The van der Waals surface area contributed by atoms with Crippen molar-refractivity contribution in [2.24, 2.45) is 7.05 Å². The Balaban J connectivity index is 2.11. The van der Waals surface area contributed by atoms with Gasteiger partial charge in [-0.3, -0.25) is 0 Å². The molecule has 0 aliphatic heterocycles. The lowest BCUT2D eigenvalue weighted by Gasteiger charge is -2.27. The van der Waals surface area contributed by atoms with Crippen LogP contribution >= 0.6 is 23.2 Å². The van der Waals surface area contributed by atoms with Gasteiger partial charge in [-0.15, -0.1) is 0 Å². The molecule has 0 bridgehead atoms. The maximum Gasteiger partial charge on any atom is 0.144 e. The van der Waals surface area contributed by atoms with Crippen LogP contribution < -0.4 is 0 Å². The summed E-state index contributed by atoms with van der Waals surface area (Å²) in [5.41, 5.74) is 5.60. The van der Waals surface area contributed by atoms with E-state index < -0.39 is 0 Å². The van der Waals surface area contributed by atoms with Gasteiger partial charge in [-0.05, 0) is 34.6 Å². The van der Waals surface area contributed by atoms with Crippen molar-refractivity contribution in [2.45, 2.75) is 52.4 Å². The first-order valence-electron chi connectivity index (χ1n) is 11.8. The molecule has 4 rings (SSSR count). The van der Waals surface area contributed by atoms with Gasteiger partial charge in [0.15, 0.2) is 0 Å². The molecule has 0 saturated carbocycles. The maximum atomic E-state index is 11.5. The van der Waals surface area contributed by atoms with Gasteiger partial charge in [0.05, 0.1) is 22.0 Å². The smallest absolute Gasteiger partial charge is 0.144 e. The van der Waals surface area contributed by atoms with Gasteiger partial charge < -0.3 is 9.67 Å². The average Bonchev–Trinajstić information content (AvgIpc) is 3.09. The molecule has 1 aromatic heterocycles. The van der Waals surface area contributed by atoms with Crippen LogP contribution in [0.4, 0.5) is 0 Å². The van der Waals surface area contributed by atoms with Crippen molar-refractivity contribution in [3.05, 3.63) is 81.8 Å². The average molecular weight is 508 g/mol. The largest absolute Gasteiger partial charge is 0.507 e. The molecule has 0 aliphatic carbocycles. The second kappa shape index (κ2) is 9.04. The van der Waals surface area contributed by atoms with Gasteiger partial charge in [-0.1, -0.05) is 107 Å². The second-order valence-electron chi connectivity index (χ2n) is 11.1. The van der Waals surface area contributed by atoms with Crippen molar-refractivity contribution >= 4 is 23.2 Å². The summed E-state index contributed by atoms with van der Waals surface area (Å²) < 4.78 is 2.01. The molecule has 3 aromatic carbocycles. The maximum absolute atomic E-state index is 11.5. The van der Waals surface area contributed by atoms with Crippen LogP contribution in [0.15, 0.2) is 60.7 Å². The third-order valence-electron chi connectivity index (χ3n) is 6.38. The molecule has 5 heteroatoms. The third-order valence-corrected chi connectivity index (χ3v) is 7.04. The Morgan fingerprint density at radius 2 is 1.29 bits per heavy atom. The lowest BCUT2D eigenvalue weighted by molar-refractivity contribution is 0.446. The van der Waals surface area contributed by atoms with E-state index in [1.807, 2.05) is 60.1 Å². The molecule has 0 fully saturated rings. The highest BCUT2D eigenvalue weighted by molar-refractivity contribution is 6.34. The van der Waals surface area contributed by atoms with E-state index in [1.165, 1.54) is 0 Å². The minimum Gasteiger partial charge on any atom is -0.507 e. The van der Waals surface area contributed by atoms with Crippen molar-refractivity contribution in [1.29, 1.82) is 0 Å². The van der Waals surface area contributed by atoms with E-state index in [0.717, 1.165) is 33.6 Å². The van der Waals surface area contributed by atoms with E-state index in [1.54, 1.807) is 0 Å². The van der Waals surface area contributed by atoms with Crippen molar-refractivity contribution in [3.8, 4) is 39.7 Å². The Bertz CT molecular complexity index is 1410. The molecule has 0 aliphatic rings. The molecule has 1 N–H and O–H groups in total. The number of hydrogen-bond acceptors (Lipinski definition) is 2. The topological polar surface area (TPSA) is 38.0 Å². The van der Waals surface area contributed by atoms with Crippen LogP contribution in [0, 0.1) is 0 Å². The molecule has 0 spiro atoms. The number of hydrogen-bond donors (Lipinski definition) is 1. The van der Waals surface area contributed by atoms with Gasteiger partial charge in [0.1, 0.15) is 11.6 Å². The zero-order valence-corrected chi connectivity index (χ0v) is 22.9. The Morgan fingerprint density at radius 1 is 0.743 bits per heavy atom. The summed E-state index contributed by atoms with van der Waals surface area (Å²) in [6.45, 7) is 12.9. The van der Waals surface area contributed by atoms with E-state index in [-0.39, 0.29) is 16.6 Å². The van der Waals surface area contributed by atoms with E-state index in [4.69, 9.17) is 28.2 Å². The van der Waals surface area contributed by atoms with Gasteiger partial charge >= 0.3 is 0 Å². The van der Waals surface area contributed by atoms with Crippen molar-refractivity contribution in [2.75, 3.05) is 0 Å². The number of phenolic OH excluding ortho intramolecular Hbond substituents is 1. The first-order chi connectivity index (χ1) is 16.3. The first kappa shape index (κ1) is 25.3. The van der Waals surface area contributed by atoms with Crippen LogP contribution in [0.3, 0.4) is 0 Å². The van der Waals surface area contributed by atoms with Crippen LogP contribution in [-0.2, 0) is 17.9 Å². The Labute approximate surface area is 218 Å². The zero-order valence-electron chi connectivity index (χ0n) is 21.4. The van der Waals surface area contributed by atoms with Gasteiger partial charge in [0.2, 0.25) is 0 Å². The molecule has 3 nitrogen and oxygen atoms in total. The molecule has 0 radical (unpaired) electrons. The van der Waals surface area contributed by atoms with Crippen molar-refractivity contribution in [3.63, 3.8) is 0 Å². The van der Waals surface area contributed by atoms with Crippen molar-refractivity contribution in [1.82, 2.24) is 9.55 Å². The molecule has 182 valence electrons. The first-order valence-corrected chi connectivity index (χ1v) is 12.5. The molecule has 1 heterocycles. The molecule has 0 unspecified atom stereocenters. The minimum atomic E-state index is -0.248. The summed E-state index contributed by atoms with van der Waals surface area (Å²) >= 11 is 13.3. The normalized spacial score (nSPS) is 12.3. The standard InChI is InChI=1S/C30H32Cl2N2O/c1-29(2,3)18-16-21(27(35)22(17-18)30(4,5)6)28-33-25(19-12-8-10-14-23(19)31)26(34(28)7)20-13-9-11-15-24(20)32/h8-17,35H,1-7H3. The van der Waals surface area contributed by atoms with E-state index in [2.05, 4.69) is 53.7 Å². The summed E-state index contributed by atoms with van der Waals surface area (Å²) in [4.78, 5) is 5.10. The highest BCUT2D eigenvalue weighted by Gasteiger charge is 2.29. The summed E-state index contributed by atoms with van der Waals surface area (Å²) in [5.74, 6) is 0.902. The number of rotatable bonds is 3. The van der Waals surface area contributed by atoms with Crippen LogP contribution in [0.25, 0.3) is 33.9 Å². The van der Waals surface area contributed by atoms with Crippen LogP contribution in [0.5, 0.6) is 5.75 Å². The fraction of sp³-hybridized carbons (Fsp3) is 0.300. The third kappa shape index (κ3) is 4.72. The van der Waals surface area contributed by atoms with Crippen LogP contribution in [0.2, 0.25) is 10.0 Å². The fourth-order valence-corrected chi connectivity index (χ4v) is 4.80. The van der Waals surface area contributed by atoms with Crippen LogP contribution in [-0.4, -0.2) is 14.7 Å². The number of aromatic hydroxyl groups is 1. The minimum absolute atomic E-state index is 0.106. The lowest BCUT2D eigenvalue weighted by Crippen LogP contribution is -2.17. The summed E-state index contributed by atoms with van der Waals surface area (Å²) in [6, 6.07) is 19.6. The van der Waals surface area contributed by atoms with Gasteiger partial charge in [-0.2, -0.15) is 0 Å². The lowest BCUT2D eigenvalue weighted by atomic mass is 9.79. The number of benzene rings is 3. The molecular formula is C30H32Cl2N2O. The second-order valence-corrected chi connectivity index (χ2v) is 11.9. The molecule has 4 aromatic rings. The van der Waals surface area contributed by atoms with Gasteiger partial charge in [0, 0.05) is 28.8 Å². The Morgan fingerprint density at radius 3 is 1.80 bits per heavy atom. The Hall–Kier alpha value is -2.75. The highest BCUT2D eigenvalue weighted by atomic mass is 35.5. The zero-order chi connectivity index (χ0) is 25.7. The van der Waals surface area contributed by atoms with Gasteiger partial charge in [0.25, 0.3) is 0 Å². The van der Waals surface area contributed by atoms with E-state index in [9.17, 15) is 5.11 Å². The number of aromatic nitrogens is 2. The number of imidazole rings is 1. The van der Waals surface area contributed by atoms with E-state index >= 15 is 0 Å². The predicted octanol–water partition coefficient (Wildman–Crippen LogP) is 9.03. The quantitative estimate of drug-likeness (QED) is 0.300. The number of nitrogens with zero attached hydrogens (tertiary/aromatic N) is 2. The Kier molecular flexibility index (Phi) is 6.54. The summed E-state index contributed by atoms with van der Waals surface area (Å²) in [7, 11) is 1.96. The van der Waals surface area contributed by atoms with Gasteiger partial charge in [-0.25, -0.2) is 4.98 Å². The molecule has 35 heavy (non-hydrogen) atoms. The van der Waals surface area contributed by atoms with Crippen LogP contribution in [0.1, 0.15) is 52.7 Å². The fourth-order valence-electron chi connectivity index (χ4n) is 4.35. The monoisotopic (exact) mass is 506 g/mol. The summed E-state index contributed by atoms with van der Waals surface area (Å²) in [5, 5.41) is 12.8. The summed E-state index contributed by atoms with van der Waals surface area (Å²) in [6.07, 6.45) is 0. The predicted molar refractivity (Wildman–Crippen MR) is 149 cm³/mol. The molecule has 0 saturated heterocycles. The molecule has 0 amide bonds. The molecule has 0 atom stereocenters. The number of halogens is 2. The van der Waals surface area contributed by atoms with E-state index in [0.29, 0.717) is 21.4 Å².